The van der Waals surface area contributed by atoms with Crippen LogP contribution in [0.5, 0.6) is 0 Å². The molecular weight excluding hydrogens is 364 g/mol. The number of carbonyl (C=O) groups is 3. The number of amidine groups is 1. The van der Waals surface area contributed by atoms with Crippen LogP contribution >= 0.6 is 11.8 Å². The maximum absolute atomic E-state index is 12.4. The third kappa shape index (κ3) is 7.00. The number of aliphatic hydroxyl groups excluding tert-OH is 1. The van der Waals surface area contributed by atoms with E-state index in [1.54, 1.807) is 7.05 Å². The molecule has 12 heteroatoms. The molecular formula is C14H24N6O5S. The summed E-state index contributed by atoms with van der Waals surface area (Å²) in [6.07, 6.45) is -0.565. The van der Waals surface area contributed by atoms with Gasteiger partial charge in [0.25, 0.3) is 5.91 Å². The first-order valence-electron chi connectivity index (χ1n) is 7.78. The lowest BCUT2D eigenvalue weighted by atomic mass is 10.2. The third-order valence-electron chi connectivity index (χ3n) is 3.12. The Kier molecular flexibility index (Phi) is 9.05. The van der Waals surface area contributed by atoms with Crippen molar-refractivity contribution in [2.24, 2.45) is 5.73 Å². The van der Waals surface area contributed by atoms with Gasteiger partial charge in [-0.2, -0.15) is 0 Å². The smallest absolute Gasteiger partial charge is 0.272 e. The van der Waals surface area contributed by atoms with Gasteiger partial charge in [0, 0.05) is 25.6 Å². The molecule has 0 aromatic carbocycles. The van der Waals surface area contributed by atoms with E-state index in [4.69, 9.17) is 21.0 Å². The molecule has 2 unspecified atom stereocenters. The summed E-state index contributed by atoms with van der Waals surface area (Å²) in [4.78, 5) is 35.4. The van der Waals surface area contributed by atoms with Crippen LogP contribution in [0.15, 0.2) is 11.4 Å². The number of ether oxygens (including phenoxy) is 1. The van der Waals surface area contributed by atoms with Gasteiger partial charge in [0.1, 0.15) is 23.1 Å². The second-order valence-electron chi connectivity index (χ2n) is 5.29. The van der Waals surface area contributed by atoms with Crippen molar-refractivity contribution in [3.63, 3.8) is 0 Å². The van der Waals surface area contributed by atoms with Crippen LogP contribution in [-0.4, -0.2) is 66.3 Å². The topological polar surface area (TPSA) is 179 Å². The molecule has 3 amide bonds. The fourth-order valence-electron chi connectivity index (χ4n) is 1.90. The van der Waals surface area contributed by atoms with Crippen LogP contribution in [0.2, 0.25) is 0 Å². The van der Waals surface area contributed by atoms with Crippen molar-refractivity contribution in [2.45, 2.75) is 25.0 Å². The van der Waals surface area contributed by atoms with E-state index >= 15 is 0 Å². The Balaban J connectivity index is 2.83. The van der Waals surface area contributed by atoms with E-state index in [9.17, 15) is 14.4 Å². The van der Waals surface area contributed by atoms with Crippen LogP contribution in [0.25, 0.3) is 0 Å². The first-order chi connectivity index (χ1) is 12.3. The summed E-state index contributed by atoms with van der Waals surface area (Å²) in [5.74, 6) is -1.89. The normalized spacial score (nSPS) is 20.1. The summed E-state index contributed by atoms with van der Waals surface area (Å²) in [7, 11) is 1.68. The minimum Gasteiger partial charge on any atom is -0.394 e. The van der Waals surface area contributed by atoms with Gasteiger partial charge in [0.2, 0.25) is 11.8 Å². The van der Waals surface area contributed by atoms with Crippen molar-refractivity contribution in [1.82, 2.24) is 21.3 Å². The van der Waals surface area contributed by atoms with Gasteiger partial charge in [-0.1, -0.05) is 0 Å². The summed E-state index contributed by atoms with van der Waals surface area (Å²) in [6.45, 7) is 1.39. The van der Waals surface area contributed by atoms with Crippen LogP contribution in [0.3, 0.4) is 0 Å². The zero-order valence-corrected chi connectivity index (χ0v) is 15.4. The number of nitrogens with one attached hydrogen (secondary N) is 5. The molecule has 1 aliphatic heterocycles. The fourth-order valence-corrected chi connectivity index (χ4v) is 2.77. The summed E-state index contributed by atoms with van der Waals surface area (Å²) in [5.41, 5.74) is 4.58. The second-order valence-corrected chi connectivity index (χ2v) is 6.48. The molecule has 0 bridgehead atoms. The highest BCUT2D eigenvalue weighted by molar-refractivity contribution is 8.00. The van der Waals surface area contributed by atoms with Crippen molar-refractivity contribution in [3.05, 3.63) is 11.4 Å². The predicted molar refractivity (Wildman–Crippen MR) is 95.8 cm³/mol. The summed E-state index contributed by atoms with van der Waals surface area (Å²) in [5, 5.41) is 26.7. The lowest BCUT2D eigenvalue weighted by Crippen LogP contribution is -2.45. The minimum atomic E-state index is -0.767. The molecule has 146 valence electrons. The molecule has 0 spiro atoms. The molecule has 1 rings (SSSR count). The number of rotatable bonds is 8. The molecule has 0 aromatic heterocycles. The van der Waals surface area contributed by atoms with Gasteiger partial charge in [0.15, 0.2) is 5.84 Å². The fraction of sp³-hybridized carbons (Fsp3) is 0.571. The molecule has 0 saturated carbocycles. The van der Waals surface area contributed by atoms with Gasteiger partial charge in [-0.25, -0.2) is 0 Å². The predicted octanol–water partition coefficient (Wildman–Crippen LogP) is -2.48. The lowest BCUT2D eigenvalue weighted by Gasteiger charge is -2.17. The van der Waals surface area contributed by atoms with E-state index in [0.717, 1.165) is 0 Å². The first-order valence-corrected chi connectivity index (χ1v) is 8.82. The molecule has 26 heavy (non-hydrogen) atoms. The molecule has 0 radical (unpaired) electrons. The van der Waals surface area contributed by atoms with E-state index in [2.05, 4.69) is 21.3 Å². The molecule has 11 nitrogen and oxygen atoms in total. The SMILES string of the molecule is CNCCC(=O)NC(=N)/C(N)=C(\NC(C)=O)C(=O)NC1CSC(CO)O1. The van der Waals surface area contributed by atoms with Crippen LogP contribution in [0.4, 0.5) is 0 Å². The average molecular weight is 388 g/mol. The number of carbonyl (C=O) groups excluding carboxylic acids is 3. The van der Waals surface area contributed by atoms with Crippen molar-refractivity contribution in [2.75, 3.05) is 26.0 Å². The first kappa shape index (κ1) is 21.9. The standard InChI is InChI=1S/C14H24N6O5S/c1-7(22)18-12(11(15)13(16)19-8(23)3-4-17-2)14(24)20-9-6-26-10(5-21)25-9/h9-10,17,21H,3-6,15H2,1-2H3,(H,18,22)(H,20,24)(H2,16,19,23)/b12-11+. The van der Waals surface area contributed by atoms with E-state index in [-0.39, 0.29) is 24.4 Å². The zero-order valence-electron chi connectivity index (χ0n) is 14.5. The van der Waals surface area contributed by atoms with Gasteiger partial charge < -0.3 is 36.8 Å². The summed E-state index contributed by atoms with van der Waals surface area (Å²) >= 11 is 1.32. The summed E-state index contributed by atoms with van der Waals surface area (Å²) < 4.78 is 5.36. The third-order valence-corrected chi connectivity index (χ3v) is 4.25. The number of amides is 3. The van der Waals surface area contributed by atoms with Gasteiger partial charge in [0.05, 0.1) is 6.61 Å². The molecule has 0 aliphatic carbocycles. The Morgan fingerprint density at radius 1 is 1.35 bits per heavy atom. The van der Waals surface area contributed by atoms with Crippen LogP contribution in [0, 0.1) is 5.41 Å². The number of hydrogen-bond acceptors (Lipinski definition) is 9. The summed E-state index contributed by atoms with van der Waals surface area (Å²) in [6, 6.07) is 0. The van der Waals surface area contributed by atoms with E-state index in [0.29, 0.717) is 12.3 Å². The molecule has 1 aliphatic rings. The number of nitrogens with two attached hydrogens (primary N) is 1. The average Bonchev–Trinajstić information content (AvgIpc) is 3.04. The van der Waals surface area contributed by atoms with Crippen LogP contribution in [0.1, 0.15) is 13.3 Å². The highest BCUT2D eigenvalue weighted by Gasteiger charge is 2.28. The molecule has 1 saturated heterocycles. The molecule has 1 fully saturated rings. The minimum absolute atomic E-state index is 0.115. The number of aliphatic hydroxyl groups is 1. The largest absolute Gasteiger partial charge is 0.394 e. The molecule has 8 N–H and O–H groups in total. The lowest BCUT2D eigenvalue weighted by molar-refractivity contribution is -0.125. The van der Waals surface area contributed by atoms with Crippen molar-refractivity contribution in [1.29, 1.82) is 5.41 Å². The van der Waals surface area contributed by atoms with Crippen molar-refractivity contribution in [3.8, 4) is 0 Å². The maximum atomic E-state index is 12.4. The number of hydrogen-bond donors (Lipinski definition) is 7. The Bertz CT molecular complexity index is 596. The van der Waals surface area contributed by atoms with E-state index < -0.39 is 35.2 Å². The van der Waals surface area contributed by atoms with Crippen molar-refractivity contribution >= 4 is 35.3 Å². The Labute approximate surface area is 155 Å². The van der Waals surface area contributed by atoms with Gasteiger partial charge in [-0.15, -0.1) is 11.8 Å². The van der Waals surface area contributed by atoms with Crippen LogP contribution in [-0.2, 0) is 19.1 Å². The second kappa shape index (κ2) is 10.8. The van der Waals surface area contributed by atoms with E-state index in [1.807, 2.05) is 0 Å². The zero-order chi connectivity index (χ0) is 19.7. The van der Waals surface area contributed by atoms with E-state index in [1.165, 1.54) is 18.7 Å². The van der Waals surface area contributed by atoms with Crippen molar-refractivity contribution < 1.29 is 24.2 Å². The maximum Gasteiger partial charge on any atom is 0.272 e. The quantitative estimate of drug-likeness (QED) is 0.136. The van der Waals surface area contributed by atoms with Crippen LogP contribution < -0.4 is 27.0 Å². The Hall–Kier alpha value is -2.15. The van der Waals surface area contributed by atoms with Gasteiger partial charge in [-0.3, -0.25) is 19.8 Å². The Morgan fingerprint density at radius 3 is 2.58 bits per heavy atom. The van der Waals surface area contributed by atoms with Gasteiger partial charge in [-0.05, 0) is 7.05 Å². The highest BCUT2D eigenvalue weighted by atomic mass is 32.2. The monoisotopic (exact) mass is 388 g/mol. The van der Waals surface area contributed by atoms with Gasteiger partial charge >= 0.3 is 0 Å². The number of thioether (sulfide) groups is 1. The molecule has 1 heterocycles. The highest BCUT2D eigenvalue weighted by Crippen LogP contribution is 2.23. The Morgan fingerprint density at radius 2 is 2.04 bits per heavy atom. The molecule has 2 atom stereocenters. The molecule has 0 aromatic rings.